The first-order valence-electron chi connectivity index (χ1n) is 13.6. The third-order valence-electron chi connectivity index (χ3n) is 7.54. The molecule has 0 aromatic heterocycles. The number of hydrogen-bond acceptors (Lipinski definition) is 5. The monoisotopic (exact) mass is 596 g/mol. The summed E-state index contributed by atoms with van der Waals surface area (Å²) in [5.41, 5.74) is 5.06. The summed E-state index contributed by atoms with van der Waals surface area (Å²) in [6.07, 6.45) is 2.31. The van der Waals surface area contributed by atoms with Crippen molar-refractivity contribution in [2.45, 2.75) is 35.5 Å². The molecule has 1 N–H and O–H groups in total. The molecular weight excluding hydrogens is 569 g/mol. The molecule has 5 aromatic rings. The lowest BCUT2D eigenvalue weighted by atomic mass is 9.91. The molecule has 42 heavy (non-hydrogen) atoms. The Labute approximate surface area is 246 Å². The fourth-order valence-corrected chi connectivity index (χ4v) is 7.79. The Morgan fingerprint density at radius 2 is 1.02 bits per heavy atom. The van der Waals surface area contributed by atoms with Gasteiger partial charge in [0.2, 0.25) is 0 Å². The molecule has 0 fully saturated rings. The molecule has 0 saturated carbocycles. The van der Waals surface area contributed by atoms with Crippen molar-refractivity contribution in [2.75, 3.05) is 0 Å². The van der Waals surface area contributed by atoms with Crippen LogP contribution in [0.3, 0.4) is 0 Å². The van der Waals surface area contributed by atoms with E-state index in [1.807, 2.05) is 103 Å². The van der Waals surface area contributed by atoms with Crippen LogP contribution in [0.2, 0.25) is 0 Å². The van der Waals surface area contributed by atoms with Crippen molar-refractivity contribution < 1.29 is 25.6 Å². The molecule has 0 atom stereocenters. The molecule has 1 aliphatic rings. The maximum absolute atomic E-state index is 14.4. The lowest BCUT2D eigenvalue weighted by molar-refractivity contribution is 0.475. The van der Waals surface area contributed by atoms with Crippen LogP contribution in [-0.2, 0) is 33.1 Å². The highest BCUT2D eigenvalue weighted by Gasteiger charge is 2.31. The van der Waals surface area contributed by atoms with E-state index in [1.165, 1.54) is 12.1 Å². The van der Waals surface area contributed by atoms with Gasteiger partial charge in [-0.3, -0.25) is 4.55 Å². The van der Waals surface area contributed by atoms with Crippen LogP contribution < -0.4 is 4.18 Å². The van der Waals surface area contributed by atoms with E-state index in [9.17, 15) is 21.4 Å². The van der Waals surface area contributed by atoms with E-state index >= 15 is 0 Å². The molecule has 6 nitrogen and oxygen atoms in total. The van der Waals surface area contributed by atoms with Gasteiger partial charge in [-0.05, 0) is 77.8 Å². The quantitative estimate of drug-likeness (QED) is 0.154. The maximum atomic E-state index is 14.4. The Morgan fingerprint density at radius 3 is 1.52 bits per heavy atom. The lowest BCUT2D eigenvalue weighted by Gasteiger charge is -2.23. The molecule has 6 rings (SSSR count). The normalized spacial score (nSPS) is 13.4. The Balaban J connectivity index is 1.60. The Hall–Kier alpha value is -4.24. The summed E-state index contributed by atoms with van der Waals surface area (Å²) in [5, 5.41) is 0. The maximum Gasteiger partial charge on any atom is 0.340 e. The number of fused-ring (bicyclic) bond motifs is 1. The highest BCUT2D eigenvalue weighted by molar-refractivity contribution is 7.87. The molecule has 0 radical (unpaired) electrons. The molecule has 0 heterocycles. The highest BCUT2D eigenvalue weighted by Crippen LogP contribution is 2.42. The highest BCUT2D eigenvalue weighted by atomic mass is 32.2. The number of hydrogen-bond donors (Lipinski definition) is 1. The van der Waals surface area contributed by atoms with E-state index in [0.29, 0.717) is 46.2 Å². The summed E-state index contributed by atoms with van der Waals surface area (Å²) in [6, 6.07) is 34.7. The minimum atomic E-state index is -4.48. The first kappa shape index (κ1) is 27.9. The van der Waals surface area contributed by atoms with Gasteiger partial charge in [-0.25, -0.2) is 0 Å². The second-order valence-electron chi connectivity index (χ2n) is 10.2. The number of rotatable bonds is 7. The predicted molar refractivity (Wildman–Crippen MR) is 163 cm³/mol. The van der Waals surface area contributed by atoms with Gasteiger partial charge in [0.25, 0.3) is 10.1 Å². The lowest BCUT2D eigenvalue weighted by Crippen LogP contribution is -2.17. The smallest absolute Gasteiger partial charge is 0.340 e. The van der Waals surface area contributed by atoms with E-state index in [4.69, 9.17) is 4.18 Å². The van der Waals surface area contributed by atoms with Gasteiger partial charge in [0, 0.05) is 16.7 Å². The first-order chi connectivity index (χ1) is 20.2. The summed E-state index contributed by atoms with van der Waals surface area (Å²) in [5.74, 6) is 0.0715. The van der Waals surface area contributed by atoms with Gasteiger partial charge in [0.1, 0.15) is 10.6 Å². The SMILES string of the molecule is O=S(=O)(O)c1ccc(OS(=O)(=O)c2c(-c3ccccc3)cc(-c3ccccc3)cc2-c2ccccc2)c2c1CCCC2. The van der Waals surface area contributed by atoms with Gasteiger partial charge in [0.05, 0.1) is 4.90 Å². The summed E-state index contributed by atoms with van der Waals surface area (Å²) in [6.45, 7) is 0. The van der Waals surface area contributed by atoms with Crippen LogP contribution in [0, 0.1) is 0 Å². The average Bonchev–Trinajstić information content (AvgIpc) is 3.01. The molecule has 0 amide bonds. The minimum Gasteiger partial charge on any atom is -0.379 e. The molecule has 0 bridgehead atoms. The molecule has 0 aliphatic heterocycles. The topological polar surface area (TPSA) is 97.7 Å². The van der Waals surface area contributed by atoms with Crippen LogP contribution in [0.1, 0.15) is 24.0 Å². The van der Waals surface area contributed by atoms with Crippen molar-refractivity contribution in [1.29, 1.82) is 0 Å². The van der Waals surface area contributed by atoms with Crippen LogP contribution in [-0.4, -0.2) is 21.4 Å². The van der Waals surface area contributed by atoms with Crippen molar-refractivity contribution in [2.24, 2.45) is 0 Å². The predicted octanol–water partition coefficient (Wildman–Crippen LogP) is 7.58. The molecule has 8 heteroatoms. The van der Waals surface area contributed by atoms with Crippen molar-refractivity contribution in [3.8, 4) is 39.1 Å². The average molecular weight is 597 g/mol. The summed E-state index contributed by atoms with van der Waals surface area (Å²) in [7, 11) is -8.94. The van der Waals surface area contributed by atoms with Crippen LogP contribution in [0.15, 0.2) is 125 Å². The van der Waals surface area contributed by atoms with Crippen molar-refractivity contribution in [3.63, 3.8) is 0 Å². The van der Waals surface area contributed by atoms with Crippen LogP contribution in [0.25, 0.3) is 33.4 Å². The Bertz CT molecular complexity index is 1910. The third-order valence-corrected chi connectivity index (χ3v) is 9.82. The van der Waals surface area contributed by atoms with Crippen molar-refractivity contribution in [1.82, 2.24) is 0 Å². The Kier molecular flexibility index (Phi) is 7.45. The molecule has 212 valence electrons. The molecule has 5 aromatic carbocycles. The summed E-state index contributed by atoms with van der Waals surface area (Å²) >= 11 is 0. The second kappa shape index (κ2) is 11.2. The summed E-state index contributed by atoms with van der Waals surface area (Å²) < 4.78 is 68.7. The van der Waals surface area contributed by atoms with Crippen LogP contribution in [0.4, 0.5) is 0 Å². The Morgan fingerprint density at radius 1 is 0.548 bits per heavy atom. The summed E-state index contributed by atoms with van der Waals surface area (Å²) in [4.78, 5) is -0.188. The van der Waals surface area contributed by atoms with E-state index in [1.54, 1.807) is 0 Å². The second-order valence-corrected chi connectivity index (χ2v) is 13.1. The van der Waals surface area contributed by atoms with Crippen molar-refractivity contribution in [3.05, 3.63) is 126 Å². The van der Waals surface area contributed by atoms with Gasteiger partial charge >= 0.3 is 10.1 Å². The van der Waals surface area contributed by atoms with Gasteiger partial charge < -0.3 is 4.18 Å². The van der Waals surface area contributed by atoms with Gasteiger partial charge in [-0.15, -0.1) is 0 Å². The van der Waals surface area contributed by atoms with E-state index in [-0.39, 0.29) is 15.5 Å². The zero-order chi connectivity index (χ0) is 29.3. The van der Waals surface area contributed by atoms with Crippen LogP contribution in [0.5, 0.6) is 5.75 Å². The molecule has 0 spiro atoms. The molecule has 0 unspecified atom stereocenters. The fraction of sp³-hybridized carbons (Fsp3) is 0.118. The minimum absolute atomic E-state index is 0.0167. The van der Waals surface area contributed by atoms with Crippen molar-refractivity contribution >= 4 is 20.2 Å². The van der Waals surface area contributed by atoms with Gasteiger partial charge in [-0.2, -0.15) is 16.8 Å². The van der Waals surface area contributed by atoms with Crippen LogP contribution >= 0.6 is 0 Å². The standard InChI is InChI=1S/C34H28O6S2/c35-41(36,37)33-21-20-32(28-18-10-11-19-29(28)33)40-42(38,39)34-30(25-14-6-2-7-15-25)22-27(24-12-4-1-5-13-24)23-31(34)26-16-8-3-9-17-26/h1-9,12-17,20-23H,10-11,18-19H2,(H,35,36,37). The van der Waals surface area contributed by atoms with E-state index in [0.717, 1.165) is 24.0 Å². The molecular formula is C34H28O6S2. The third kappa shape index (κ3) is 5.48. The number of benzene rings is 5. The molecule has 1 aliphatic carbocycles. The first-order valence-corrected chi connectivity index (χ1v) is 16.5. The zero-order valence-electron chi connectivity index (χ0n) is 22.6. The molecule has 0 saturated heterocycles. The van der Waals surface area contributed by atoms with E-state index in [2.05, 4.69) is 0 Å². The van der Waals surface area contributed by atoms with Gasteiger partial charge in [-0.1, -0.05) is 91.0 Å². The largest absolute Gasteiger partial charge is 0.379 e. The van der Waals surface area contributed by atoms with Gasteiger partial charge in [0.15, 0.2) is 0 Å². The zero-order valence-corrected chi connectivity index (χ0v) is 24.2. The van der Waals surface area contributed by atoms with E-state index < -0.39 is 20.2 Å². The fourth-order valence-electron chi connectivity index (χ4n) is 5.64.